The fourth-order valence-electron chi connectivity index (χ4n) is 5.72. The van der Waals surface area contributed by atoms with Crippen LogP contribution in [0.1, 0.15) is 44.9 Å². The lowest BCUT2D eigenvalue weighted by molar-refractivity contribution is -0.147. The van der Waals surface area contributed by atoms with E-state index in [1.54, 1.807) is 23.1 Å². The highest BCUT2D eigenvalue weighted by Crippen LogP contribution is 2.57. The van der Waals surface area contributed by atoms with E-state index < -0.39 is 0 Å². The second kappa shape index (κ2) is 7.69. The molecule has 0 saturated heterocycles. The number of thioether (sulfide) groups is 2. The summed E-state index contributed by atoms with van der Waals surface area (Å²) in [6.07, 6.45) is 9.93. The second-order valence-corrected chi connectivity index (χ2v) is 11.2. The summed E-state index contributed by atoms with van der Waals surface area (Å²) >= 11 is 4.61. The van der Waals surface area contributed by atoms with E-state index in [2.05, 4.69) is 21.2 Å². The Labute approximate surface area is 167 Å². The first kappa shape index (κ1) is 18.6. The number of hydrogen-bond acceptors (Lipinski definition) is 7. The Morgan fingerprint density at radius 2 is 1.85 bits per heavy atom. The average molecular weight is 409 g/mol. The van der Waals surface area contributed by atoms with Crippen LogP contribution in [0.5, 0.6) is 0 Å². The van der Waals surface area contributed by atoms with E-state index in [0.29, 0.717) is 18.7 Å². The molecule has 26 heavy (non-hydrogen) atoms. The Hall–Kier alpha value is -0.780. The molecule has 8 heteroatoms. The van der Waals surface area contributed by atoms with Crippen molar-refractivity contribution < 1.29 is 4.79 Å². The summed E-state index contributed by atoms with van der Waals surface area (Å²) in [6, 6.07) is 2.25. The van der Waals surface area contributed by atoms with Crippen LogP contribution in [0.15, 0.2) is 8.68 Å². The first-order valence-corrected chi connectivity index (χ1v) is 12.3. The van der Waals surface area contributed by atoms with Crippen LogP contribution < -0.4 is 0 Å². The van der Waals surface area contributed by atoms with Gasteiger partial charge in [0.25, 0.3) is 0 Å². The molecule has 1 aromatic heterocycles. The molecule has 4 saturated carbocycles. The molecule has 0 radical (unpaired) electrons. The lowest BCUT2D eigenvalue weighted by atomic mass is 9.52. The molecule has 4 aliphatic carbocycles. The van der Waals surface area contributed by atoms with Gasteiger partial charge >= 0.3 is 0 Å². The molecule has 1 amide bonds. The van der Waals surface area contributed by atoms with E-state index in [9.17, 15) is 4.79 Å². The molecule has 5 rings (SSSR count). The van der Waals surface area contributed by atoms with Gasteiger partial charge in [-0.1, -0.05) is 34.9 Å². The van der Waals surface area contributed by atoms with Gasteiger partial charge in [0.15, 0.2) is 8.68 Å². The number of carbonyl (C=O) groups is 1. The Morgan fingerprint density at radius 1 is 1.23 bits per heavy atom. The predicted molar refractivity (Wildman–Crippen MR) is 105 cm³/mol. The standard InChI is InChI=1S/C18H24N4OS3/c1-24-16-20-21-17(26-16)25-11-15(23)22(4-2-3-19)18-8-12-5-13(9-18)7-14(6-12)10-18/h12-14H,2,4-11H2,1H3. The highest BCUT2D eigenvalue weighted by molar-refractivity contribution is 8.03. The normalized spacial score (nSPS) is 31.8. The number of aromatic nitrogens is 2. The number of nitrogens with zero attached hydrogens (tertiary/aromatic N) is 4. The van der Waals surface area contributed by atoms with Crippen LogP contribution in [0.2, 0.25) is 0 Å². The van der Waals surface area contributed by atoms with Gasteiger partial charge in [0.2, 0.25) is 5.91 Å². The van der Waals surface area contributed by atoms with Gasteiger partial charge < -0.3 is 4.90 Å². The van der Waals surface area contributed by atoms with Crippen LogP contribution in [0, 0.1) is 29.1 Å². The summed E-state index contributed by atoms with van der Waals surface area (Å²) in [5.41, 5.74) is 0.0226. The molecule has 0 N–H and O–H groups in total. The third kappa shape index (κ3) is 3.63. The van der Waals surface area contributed by atoms with Crippen LogP contribution in [-0.4, -0.2) is 45.1 Å². The van der Waals surface area contributed by atoms with Gasteiger partial charge in [0, 0.05) is 12.1 Å². The highest BCUT2D eigenvalue weighted by atomic mass is 32.2. The smallest absolute Gasteiger partial charge is 0.233 e. The maximum Gasteiger partial charge on any atom is 0.233 e. The number of carbonyl (C=O) groups excluding carboxylic acids is 1. The fourth-order valence-corrected chi connectivity index (χ4v) is 8.04. The Morgan fingerprint density at radius 3 is 2.38 bits per heavy atom. The minimum Gasteiger partial charge on any atom is -0.335 e. The zero-order valence-corrected chi connectivity index (χ0v) is 17.5. The van der Waals surface area contributed by atoms with E-state index in [4.69, 9.17) is 5.26 Å². The summed E-state index contributed by atoms with van der Waals surface area (Å²) in [6.45, 7) is 0.578. The van der Waals surface area contributed by atoms with Crippen molar-refractivity contribution in [1.29, 1.82) is 5.26 Å². The van der Waals surface area contributed by atoms with Gasteiger partial charge in [0.1, 0.15) is 0 Å². The lowest BCUT2D eigenvalue weighted by Gasteiger charge is -2.60. The maximum atomic E-state index is 13.2. The topological polar surface area (TPSA) is 69.9 Å². The molecule has 4 fully saturated rings. The van der Waals surface area contributed by atoms with E-state index in [0.717, 1.165) is 45.7 Å². The third-order valence-corrected chi connectivity index (χ3v) is 9.23. The zero-order chi connectivity index (χ0) is 18.1. The molecule has 0 aliphatic heterocycles. The van der Waals surface area contributed by atoms with Crippen molar-refractivity contribution in [2.45, 2.75) is 59.2 Å². The highest BCUT2D eigenvalue weighted by Gasteiger charge is 2.54. The predicted octanol–water partition coefficient (Wildman–Crippen LogP) is 4.06. The minimum atomic E-state index is 0.0226. The molecule has 1 heterocycles. The van der Waals surface area contributed by atoms with Crippen molar-refractivity contribution >= 4 is 40.8 Å². The molecule has 0 unspecified atom stereocenters. The fraction of sp³-hybridized carbons (Fsp3) is 0.778. The van der Waals surface area contributed by atoms with E-state index >= 15 is 0 Å². The summed E-state index contributed by atoms with van der Waals surface area (Å²) in [7, 11) is 0. The summed E-state index contributed by atoms with van der Waals surface area (Å²) in [5.74, 6) is 2.94. The Balaban J connectivity index is 1.47. The molecule has 0 atom stereocenters. The van der Waals surface area contributed by atoms with Gasteiger partial charge in [-0.25, -0.2) is 0 Å². The largest absolute Gasteiger partial charge is 0.335 e. The third-order valence-electron chi connectivity index (χ3n) is 6.21. The summed E-state index contributed by atoms with van der Waals surface area (Å²) in [4.78, 5) is 15.3. The first-order valence-electron chi connectivity index (χ1n) is 9.29. The number of rotatable bonds is 7. The number of hydrogen-bond donors (Lipinski definition) is 0. The van der Waals surface area contributed by atoms with Crippen LogP contribution in [0.4, 0.5) is 0 Å². The zero-order valence-electron chi connectivity index (χ0n) is 15.0. The van der Waals surface area contributed by atoms with Gasteiger partial charge in [-0.2, -0.15) is 5.26 Å². The van der Waals surface area contributed by atoms with Crippen molar-refractivity contribution in [2.75, 3.05) is 18.6 Å². The van der Waals surface area contributed by atoms with Gasteiger partial charge in [-0.05, 0) is 62.5 Å². The summed E-state index contributed by atoms with van der Waals surface area (Å²) < 4.78 is 1.79. The van der Waals surface area contributed by atoms with Gasteiger partial charge in [0.05, 0.1) is 18.2 Å². The van der Waals surface area contributed by atoms with E-state index in [1.165, 1.54) is 31.0 Å². The molecule has 4 aliphatic rings. The number of nitriles is 1. The average Bonchev–Trinajstić information content (AvgIpc) is 3.07. The van der Waals surface area contributed by atoms with Crippen molar-refractivity contribution in [3.05, 3.63) is 0 Å². The number of amides is 1. The SMILES string of the molecule is CSc1nnc(SCC(=O)N(CCC#N)C23CC4CC(CC(C4)C2)C3)s1. The van der Waals surface area contributed by atoms with Crippen LogP contribution in [0.25, 0.3) is 0 Å². The van der Waals surface area contributed by atoms with Crippen LogP contribution in [0.3, 0.4) is 0 Å². The van der Waals surface area contributed by atoms with E-state index in [1.807, 2.05) is 6.26 Å². The minimum absolute atomic E-state index is 0.0226. The molecular weight excluding hydrogens is 384 g/mol. The first-order chi connectivity index (χ1) is 12.6. The van der Waals surface area contributed by atoms with Crippen molar-refractivity contribution in [3.63, 3.8) is 0 Å². The molecule has 0 aromatic carbocycles. The molecule has 0 spiro atoms. The van der Waals surface area contributed by atoms with Crippen molar-refractivity contribution in [3.8, 4) is 6.07 Å². The molecular formula is C18H24N4OS3. The summed E-state index contributed by atoms with van der Waals surface area (Å²) in [5, 5.41) is 17.4. The van der Waals surface area contributed by atoms with Crippen LogP contribution >= 0.6 is 34.9 Å². The van der Waals surface area contributed by atoms with Crippen molar-refractivity contribution in [1.82, 2.24) is 15.1 Å². The molecule has 5 nitrogen and oxygen atoms in total. The molecule has 4 bridgehead atoms. The maximum absolute atomic E-state index is 13.2. The van der Waals surface area contributed by atoms with E-state index in [-0.39, 0.29) is 11.4 Å². The Kier molecular flexibility index (Phi) is 5.49. The Bertz CT molecular complexity index is 678. The quantitative estimate of drug-likeness (QED) is 0.634. The molecule has 140 valence electrons. The lowest BCUT2D eigenvalue weighted by Crippen LogP contribution is -2.62. The van der Waals surface area contributed by atoms with Gasteiger partial charge in [-0.3, -0.25) is 4.79 Å². The molecule has 1 aromatic rings. The monoisotopic (exact) mass is 408 g/mol. The second-order valence-electron chi connectivity index (χ2n) is 7.92. The van der Waals surface area contributed by atoms with Crippen LogP contribution in [-0.2, 0) is 4.79 Å². The van der Waals surface area contributed by atoms with Gasteiger partial charge in [-0.15, -0.1) is 10.2 Å². The van der Waals surface area contributed by atoms with Crippen molar-refractivity contribution in [2.24, 2.45) is 17.8 Å².